The van der Waals surface area contributed by atoms with Crippen molar-refractivity contribution in [2.24, 2.45) is 0 Å². The average Bonchev–Trinajstić information content (AvgIpc) is 0.650. The van der Waals surface area contributed by atoms with E-state index < -0.39 is 16.3 Å². The molecule has 6 heavy (non-hydrogen) atoms. The van der Waals surface area contributed by atoms with Crippen LogP contribution in [0.25, 0.3) is 0 Å². The van der Waals surface area contributed by atoms with Gasteiger partial charge in [-0.1, -0.05) is 0 Å². The van der Waals surface area contributed by atoms with E-state index in [1.165, 1.54) is 0 Å². The Kier molecular flexibility index (Phi) is 0.987. The van der Waals surface area contributed by atoms with Gasteiger partial charge < -0.3 is 0 Å². The summed E-state index contributed by atoms with van der Waals surface area (Å²) in [5.41, 5.74) is 0. The molecule has 0 spiro atoms. The number of hydrogen-bond donors (Lipinski definition) is 4. The van der Waals surface area contributed by atoms with Gasteiger partial charge in [0.2, 0.25) is 0 Å². The Morgan fingerprint density at radius 3 is 1.00 bits per heavy atom. The third-order valence-electron chi connectivity index (χ3n) is 0. The Labute approximate surface area is 35.4 Å². The van der Waals surface area contributed by atoms with Crippen molar-refractivity contribution in [1.29, 1.82) is 0 Å². The molecule has 0 saturated carbocycles. The Morgan fingerprint density at radius 2 is 1.00 bits per heavy atom. The van der Waals surface area contributed by atoms with Crippen molar-refractivity contribution in [3.63, 3.8) is 0 Å². The summed E-state index contributed by atoms with van der Waals surface area (Å²) in [6.45, 7) is 0. The molecule has 0 heterocycles. The Bertz CT molecular complexity index is 81.6. The molecule has 0 bridgehead atoms. The zero-order valence-electron chi connectivity index (χ0n) is 2.61. The van der Waals surface area contributed by atoms with Gasteiger partial charge in [0.25, 0.3) is 0 Å². The fourth-order valence-corrected chi connectivity index (χ4v) is 0. The van der Waals surface area contributed by atoms with E-state index in [0.29, 0.717) is 0 Å². The molecule has 0 aliphatic carbocycles. The van der Waals surface area contributed by atoms with Crippen molar-refractivity contribution in [2.75, 3.05) is 0 Å². The second-order valence-electron chi connectivity index (χ2n) is 0.788. The van der Waals surface area contributed by atoms with Crippen LogP contribution in [0, 0.1) is 0 Å². The van der Waals surface area contributed by atoms with Crippen LogP contribution in [0.4, 0.5) is 0 Å². The van der Waals surface area contributed by atoms with Gasteiger partial charge in [0.15, 0.2) is 0 Å². The Balaban J connectivity index is 4.16. The first-order valence-corrected chi connectivity index (χ1v) is 5.31. The van der Waals surface area contributed by atoms with Crippen molar-refractivity contribution in [1.82, 2.24) is 0 Å². The van der Waals surface area contributed by atoms with E-state index in [1.54, 1.807) is 0 Å². The van der Waals surface area contributed by atoms with Crippen molar-refractivity contribution in [3.8, 4) is 0 Å². The van der Waals surface area contributed by atoms with Gasteiger partial charge in [-0.15, -0.1) is 0 Å². The average molecular weight is 180 g/mol. The van der Waals surface area contributed by atoms with Crippen LogP contribution in [-0.4, -0.2) is 15.0 Å². The molecule has 5 nitrogen and oxygen atoms in total. The summed E-state index contributed by atoms with van der Waals surface area (Å²) in [7, 11) is 0. The molecule has 0 aliphatic rings. The van der Waals surface area contributed by atoms with Gasteiger partial charge in [-0.3, -0.25) is 0 Å². The van der Waals surface area contributed by atoms with E-state index in [2.05, 4.69) is 0 Å². The summed E-state index contributed by atoms with van der Waals surface area (Å²) < 4.78 is 38.3. The van der Waals surface area contributed by atoms with E-state index in [-0.39, 0.29) is 0 Å². The monoisotopic (exact) mass is 182 g/mol. The van der Waals surface area contributed by atoms with Gasteiger partial charge >= 0.3 is 34.7 Å². The van der Waals surface area contributed by atoms with Crippen LogP contribution < -0.4 is 0 Å². The maximum absolute atomic E-state index is 9.10. The molecule has 0 aromatic carbocycles. The first-order chi connectivity index (χ1) is 2.24. The molecule has 0 fully saturated rings. The SMILES string of the molecule is [O]=[Mo]([OH])([OH])([OH])[OH]. The minimum atomic E-state index is -6.87. The second-order valence-corrected chi connectivity index (χ2v) is 4.66. The van der Waals surface area contributed by atoms with Gasteiger partial charge in [0, 0.05) is 0 Å². The fourth-order valence-electron chi connectivity index (χ4n) is 0. The molecule has 0 saturated heterocycles. The molecule has 0 rings (SSSR count). The number of hydrogen-bond acceptors (Lipinski definition) is 1. The molecule has 6 heteroatoms. The molecule has 0 aromatic heterocycles. The zero-order chi connectivity index (χ0) is 5.45. The topological polar surface area (TPSA) is 98.0 Å². The predicted molar refractivity (Wildman–Crippen MR) is 9.56 cm³/mol. The molecule has 0 radical (unpaired) electrons. The third-order valence-corrected chi connectivity index (χ3v) is 0. The van der Waals surface area contributed by atoms with Crippen LogP contribution in [0.3, 0.4) is 0 Å². The molecule has 40 valence electrons. The molecular weight excluding hydrogens is 176 g/mol. The molecule has 0 unspecified atom stereocenters. The van der Waals surface area contributed by atoms with Crippen LogP contribution in [0.2, 0.25) is 0 Å². The Morgan fingerprint density at radius 1 is 1.00 bits per heavy atom. The van der Waals surface area contributed by atoms with Crippen LogP contribution in [0.15, 0.2) is 0 Å². The molecule has 0 aromatic rings. The molecule has 0 amide bonds. The van der Waals surface area contributed by atoms with Gasteiger partial charge in [-0.05, 0) is 0 Å². The van der Waals surface area contributed by atoms with Gasteiger partial charge in [-0.25, -0.2) is 0 Å². The quantitative estimate of drug-likeness (QED) is 0.313. The van der Waals surface area contributed by atoms with Gasteiger partial charge in [-0.2, -0.15) is 0 Å². The molecule has 0 atom stereocenters. The van der Waals surface area contributed by atoms with Crippen molar-refractivity contribution < 1.29 is 34.7 Å². The predicted octanol–water partition coefficient (Wildman–Crippen LogP) is -2.35. The van der Waals surface area contributed by atoms with E-state index in [9.17, 15) is 0 Å². The first-order valence-electron chi connectivity index (χ1n) is 0.897. The van der Waals surface area contributed by atoms with E-state index in [0.717, 1.165) is 0 Å². The van der Waals surface area contributed by atoms with Crippen LogP contribution in [0.5, 0.6) is 0 Å². The summed E-state index contributed by atoms with van der Waals surface area (Å²) in [6.07, 6.45) is 0. The number of rotatable bonds is 0. The first kappa shape index (κ1) is 6.33. The zero-order valence-corrected chi connectivity index (χ0v) is 4.61. The van der Waals surface area contributed by atoms with Crippen molar-refractivity contribution in [2.45, 2.75) is 0 Å². The second kappa shape index (κ2) is 0.936. The summed E-state index contributed by atoms with van der Waals surface area (Å²) >= 11 is -6.87. The third kappa shape index (κ3) is 445. The van der Waals surface area contributed by atoms with Gasteiger partial charge in [0.1, 0.15) is 0 Å². The summed E-state index contributed by atoms with van der Waals surface area (Å²) in [4.78, 5) is 0. The fraction of sp³-hybridized carbons (Fsp3) is 0. The van der Waals surface area contributed by atoms with Crippen LogP contribution >= 0.6 is 0 Å². The molecule has 4 N–H and O–H groups in total. The van der Waals surface area contributed by atoms with Crippen molar-refractivity contribution >= 4 is 0 Å². The maximum atomic E-state index is 9.10. The van der Waals surface area contributed by atoms with Gasteiger partial charge in [0.05, 0.1) is 0 Å². The van der Waals surface area contributed by atoms with E-state index in [1.807, 2.05) is 0 Å². The van der Waals surface area contributed by atoms with E-state index >= 15 is 0 Å². The van der Waals surface area contributed by atoms with Crippen molar-refractivity contribution in [3.05, 3.63) is 0 Å². The van der Waals surface area contributed by atoms with Crippen LogP contribution in [0.1, 0.15) is 0 Å². The van der Waals surface area contributed by atoms with Crippen LogP contribution in [-0.2, 0) is 19.7 Å². The summed E-state index contributed by atoms with van der Waals surface area (Å²) in [6, 6.07) is 0. The summed E-state index contributed by atoms with van der Waals surface area (Å²) in [5.74, 6) is 0. The normalized spacial score (nSPS) is 19.0. The molecule has 0 aliphatic heterocycles. The summed E-state index contributed by atoms with van der Waals surface area (Å²) in [5, 5.41) is 0. The minimum absolute atomic E-state index is 6.87. The molecular formula is H4MoO5. The van der Waals surface area contributed by atoms with E-state index in [4.69, 9.17) is 18.4 Å². The Hall–Kier alpha value is 0.328. The standard InChI is InChI=1S/Mo.4H2O.O/h;4*1H2;/q+4;;;;;/p-4.